The molecule has 0 bridgehead atoms. The van der Waals surface area contributed by atoms with Gasteiger partial charge >= 0.3 is 0 Å². The van der Waals surface area contributed by atoms with Crippen LogP contribution in [0.2, 0.25) is 10.2 Å². The first kappa shape index (κ1) is 15.5. The Kier molecular flexibility index (Phi) is 4.80. The Balaban J connectivity index is 2.80. The molecule has 0 aliphatic carbocycles. The molecule has 1 heterocycles. The number of rotatable bonds is 4. The standard InChI is InChI=1S/C10H15Cl2N3O2S/c1-10(2,3)4-5-18(16,17)15-9-7(11)8(12)13-6-14-9/h6H,4-5H2,1-3H3,(H,13,14,15). The van der Waals surface area contributed by atoms with Crippen molar-refractivity contribution >= 4 is 39.0 Å². The van der Waals surface area contributed by atoms with E-state index in [-0.39, 0.29) is 27.2 Å². The Bertz CT molecular complexity index is 526. The highest BCUT2D eigenvalue weighted by Gasteiger charge is 2.19. The van der Waals surface area contributed by atoms with Crippen LogP contribution in [0.5, 0.6) is 0 Å². The minimum atomic E-state index is -3.49. The molecule has 102 valence electrons. The van der Waals surface area contributed by atoms with Gasteiger partial charge in [-0.1, -0.05) is 44.0 Å². The summed E-state index contributed by atoms with van der Waals surface area (Å²) in [5.41, 5.74) is -0.0676. The molecular formula is C10H15Cl2N3O2S. The summed E-state index contributed by atoms with van der Waals surface area (Å²) in [6, 6.07) is 0. The smallest absolute Gasteiger partial charge is 0.233 e. The van der Waals surface area contributed by atoms with Crippen LogP contribution in [0.4, 0.5) is 5.82 Å². The van der Waals surface area contributed by atoms with Gasteiger partial charge in [-0.3, -0.25) is 4.72 Å². The Labute approximate surface area is 117 Å². The normalized spacial score (nSPS) is 12.5. The van der Waals surface area contributed by atoms with Gasteiger partial charge in [-0.2, -0.15) is 0 Å². The molecule has 0 saturated heterocycles. The third-order valence-corrected chi connectivity index (χ3v) is 4.11. The molecule has 0 aliphatic rings. The van der Waals surface area contributed by atoms with E-state index in [0.717, 1.165) is 6.33 Å². The van der Waals surface area contributed by atoms with Crippen molar-refractivity contribution in [1.82, 2.24) is 9.97 Å². The summed E-state index contributed by atoms with van der Waals surface area (Å²) < 4.78 is 26.0. The van der Waals surface area contributed by atoms with Gasteiger partial charge in [-0.15, -0.1) is 0 Å². The summed E-state index contributed by atoms with van der Waals surface area (Å²) in [7, 11) is -3.49. The first-order valence-electron chi connectivity index (χ1n) is 5.27. The van der Waals surface area contributed by atoms with Crippen LogP contribution in [0.25, 0.3) is 0 Å². The van der Waals surface area contributed by atoms with Crippen LogP contribution in [0, 0.1) is 5.41 Å². The number of halogens is 2. The number of sulfonamides is 1. The number of hydrogen-bond donors (Lipinski definition) is 1. The summed E-state index contributed by atoms with van der Waals surface area (Å²) in [6.45, 7) is 5.91. The average Bonchev–Trinajstić information content (AvgIpc) is 2.21. The Morgan fingerprint density at radius 2 is 1.89 bits per heavy atom. The lowest BCUT2D eigenvalue weighted by Gasteiger charge is -2.18. The second kappa shape index (κ2) is 5.59. The van der Waals surface area contributed by atoms with Gasteiger partial charge in [-0.25, -0.2) is 18.4 Å². The van der Waals surface area contributed by atoms with Crippen LogP contribution in [0.1, 0.15) is 27.2 Å². The maximum Gasteiger partial charge on any atom is 0.233 e. The van der Waals surface area contributed by atoms with Gasteiger partial charge in [0.2, 0.25) is 10.0 Å². The van der Waals surface area contributed by atoms with Gasteiger partial charge in [0.15, 0.2) is 11.0 Å². The Morgan fingerprint density at radius 3 is 2.44 bits per heavy atom. The molecule has 0 saturated carbocycles. The fourth-order valence-corrected chi connectivity index (χ4v) is 2.82. The second-order valence-corrected chi connectivity index (χ2v) is 7.64. The van der Waals surface area contributed by atoms with Crippen LogP contribution in [-0.4, -0.2) is 24.1 Å². The molecule has 0 fully saturated rings. The molecule has 18 heavy (non-hydrogen) atoms. The fourth-order valence-electron chi connectivity index (χ4n) is 1.06. The maximum atomic E-state index is 11.8. The van der Waals surface area contributed by atoms with E-state index in [1.54, 1.807) is 0 Å². The molecule has 0 unspecified atom stereocenters. The topological polar surface area (TPSA) is 72.0 Å². The summed E-state index contributed by atoms with van der Waals surface area (Å²) in [5.74, 6) is -0.000342. The molecule has 1 N–H and O–H groups in total. The van der Waals surface area contributed by atoms with Crippen LogP contribution in [0.3, 0.4) is 0 Å². The average molecular weight is 312 g/mol. The number of hydrogen-bond acceptors (Lipinski definition) is 4. The van der Waals surface area contributed by atoms with E-state index >= 15 is 0 Å². The van der Waals surface area contributed by atoms with E-state index in [1.165, 1.54) is 0 Å². The SMILES string of the molecule is CC(C)(C)CCS(=O)(=O)Nc1ncnc(Cl)c1Cl. The predicted molar refractivity (Wildman–Crippen MR) is 73.5 cm³/mol. The summed E-state index contributed by atoms with van der Waals surface area (Å²) >= 11 is 11.5. The van der Waals surface area contributed by atoms with E-state index in [2.05, 4.69) is 14.7 Å². The van der Waals surface area contributed by atoms with E-state index < -0.39 is 10.0 Å². The van der Waals surface area contributed by atoms with Crippen molar-refractivity contribution < 1.29 is 8.42 Å². The first-order chi connectivity index (χ1) is 8.11. The van der Waals surface area contributed by atoms with Crippen LogP contribution < -0.4 is 4.72 Å². The molecule has 0 aliphatic heterocycles. The second-order valence-electron chi connectivity index (χ2n) is 5.06. The van der Waals surface area contributed by atoms with Gasteiger partial charge in [0.1, 0.15) is 11.3 Å². The lowest BCUT2D eigenvalue weighted by Crippen LogP contribution is -2.21. The molecule has 1 rings (SSSR count). The Morgan fingerprint density at radius 1 is 1.28 bits per heavy atom. The van der Waals surface area contributed by atoms with Crippen molar-refractivity contribution in [3.63, 3.8) is 0 Å². The van der Waals surface area contributed by atoms with Crippen molar-refractivity contribution in [2.45, 2.75) is 27.2 Å². The van der Waals surface area contributed by atoms with Gasteiger partial charge in [0.25, 0.3) is 0 Å². The fraction of sp³-hybridized carbons (Fsp3) is 0.600. The molecule has 0 radical (unpaired) electrons. The number of nitrogens with zero attached hydrogens (tertiary/aromatic N) is 2. The number of aromatic nitrogens is 2. The third-order valence-electron chi connectivity index (χ3n) is 2.12. The molecule has 0 amide bonds. The van der Waals surface area contributed by atoms with Gasteiger partial charge in [-0.05, 0) is 11.8 Å². The molecule has 8 heteroatoms. The van der Waals surface area contributed by atoms with Gasteiger partial charge in [0, 0.05) is 0 Å². The first-order valence-corrected chi connectivity index (χ1v) is 7.68. The van der Waals surface area contributed by atoms with E-state index in [1.807, 2.05) is 20.8 Å². The predicted octanol–water partition coefficient (Wildman–Crippen LogP) is 2.96. The minimum absolute atomic E-state index is 0.00139. The highest BCUT2D eigenvalue weighted by Crippen LogP contribution is 2.27. The van der Waals surface area contributed by atoms with Gasteiger partial charge < -0.3 is 0 Å². The maximum absolute atomic E-state index is 11.8. The molecular weight excluding hydrogens is 297 g/mol. The lowest BCUT2D eigenvalue weighted by molar-refractivity contribution is 0.397. The van der Waals surface area contributed by atoms with Crippen molar-refractivity contribution in [2.75, 3.05) is 10.5 Å². The molecule has 5 nitrogen and oxygen atoms in total. The zero-order valence-electron chi connectivity index (χ0n) is 10.4. The minimum Gasteiger partial charge on any atom is -0.266 e. The van der Waals surface area contributed by atoms with Crippen molar-refractivity contribution in [2.24, 2.45) is 5.41 Å². The quantitative estimate of drug-likeness (QED) is 0.868. The molecule has 0 atom stereocenters. The monoisotopic (exact) mass is 311 g/mol. The number of anilines is 1. The Hall–Kier alpha value is -0.590. The van der Waals surface area contributed by atoms with Gasteiger partial charge in [0.05, 0.1) is 5.75 Å². The zero-order valence-corrected chi connectivity index (χ0v) is 12.7. The summed E-state index contributed by atoms with van der Waals surface area (Å²) in [6.07, 6.45) is 1.68. The van der Waals surface area contributed by atoms with Crippen LogP contribution in [-0.2, 0) is 10.0 Å². The van der Waals surface area contributed by atoms with Crippen molar-refractivity contribution in [3.05, 3.63) is 16.5 Å². The van der Waals surface area contributed by atoms with Crippen LogP contribution >= 0.6 is 23.2 Å². The highest BCUT2D eigenvalue weighted by atomic mass is 35.5. The summed E-state index contributed by atoms with van der Waals surface area (Å²) in [4.78, 5) is 7.39. The lowest BCUT2D eigenvalue weighted by atomic mass is 9.94. The molecule has 0 aromatic carbocycles. The number of nitrogens with one attached hydrogen (secondary N) is 1. The van der Waals surface area contributed by atoms with Crippen molar-refractivity contribution in [1.29, 1.82) is 0 Å². The van der Waals surface area contributed by atoms with E-state index in [4.69, 9.17) is 23.2 Å². The summed E-state index contributed by atoms with van der Waals surface area (Å²) in [5, 5.41) is 0.0127. The largest absolute Gasteiger partial charge is 0.266 e. The molecule has 1 aromatic rings. The van der Waals surface area contributed by atoms with Crippen LogP contribution in [0.15, 0.2) is 6.33 Å². The third kappa shape index (κ3) is 4.96. The molecule has 1 aromatic heterocycles. The highest BCUT2D eigenvalue weighted by molar-refractivity contribution is 7.92. The van der Waals surface area contributed by atoms with E-state index in [0.29, 0.717) is 6.42 Å². The zero-order chi connectivity index (χ0) is 14.0. The van der Waals surface area contributed by atoms with Crippen molar-refractivity contribution in [3.8, 4) is 0 Å². The molecule has 0 spiro atoms. The van der Waals surface area contributed by atoms with E-state index in [9.17, 15) is 8.42 Å².